The molecule has 2 aromatic carbocycles. The van der Waals surface area contributed by atoms with Crippen LogP contribution in [0.1, 0.15) is 15.9 Å². The second-order valence-electron chi connectivity index (χ2n) is 5.92. The third-order valence-corrected chi connectivity index (χ3v) is 5.88. The summed E-state index contributed by atoms with van der Waals surface area (Å²) in [6.45, 7) is -0.220. The first-order chi connectivity index (χ1) is 13.4. The third-order valence-electron chi connectivity index (χ3n) is 4.12. The molecule has 0 unspecified atom stereocenters. The number of rotatable bonds is 4. The molecule has 2 heterocycles. The maximum Gasteiger partial charge on any atom is 0.293 e. The molecule has 0 radical (unpaired) electrons. The van der Waals surface area contributed by atoms with Gasteiger partial charge in [0.15, 0.2) is 17.3 Å². The summed E-state index contributed by atoms with van der Waals surface area (Å²) < 4.78 is 11.4. The molecule has 0 atom stereocenters. The number of imide groups is 1. The quantitative estimate of drug-likeness (QED) is 0.464. The molecular formula is C19H11BrClNO5S. The van der Waals surface area contributed by atoms with E-state index < -0.39 is 11.1 Å². The number of halogens is 2. The van der Waals surface area contributed by atoms with Gasteiger partial charge in [-0.3, -0.25) is 19.3 Å². The summed E-state index contributed by atoms with van der Waals surface area (Å²) in [6.07, 6.45) is 1.51. The molecule has 2 aliphatic heterocycles. The topological polar surface area (TPSA) is 72.9 Å². The van der Waals surface area contributed by atoms with Crippen LogP contribution in [-0.2, 0) is 4.79 Å². The highest BCUT2D eigenvalue weighted by Gasteiger charge is 2.36. The number of ether oxygens (including phenoxy) is 2. The summed E-state index contributed by atoms with van der Waals surface area (Å²) in [5.41, 5.74) is 0.945. The number of hydrogen-bond donors (Lipinski definition) is 0. The number of hydrogen-bond acceptors (Lipinski definition) is 6. The van der Waals surface area contributed by atoms with E-state index >= 15 is 0 Å². The standard InChI is InChI=1S/C19H11BrClNO5S/c20-12-3-1-10(2-4-12)14(23)8-22-18(24)17(28-19(22)25)6-11-5-15-16(7-13(11)21)27-9-26-15/h1-7H,8-9H2. The molecule has 4 rings (SSSR count). The average molecular weight is 481 g/mol. The van der Waals surface area contributed by atoms with Crippen LogP contribution >= 0.6 is 39.3 Å². The molecule has 0 aliphatic carbocycles. The van der Waals surface area contributed by atoms with Gasteiger partial charge < -0.3 is 9.47 Å². The van der Waals surface area contributed by atoms with E-state index in [9.17, 15) is 14.4 Å². The van der Waals surface area contributed by atoms with Gasteiger partial charge in [-0.25, -0.2) is 0 Å². The zero-order chi connectivity index (χ0) is 19.8. The minimum atomic E-state index is -0.533. The molecule has 1 saturated heterocycles. The van der Waals surface area contributed by atoms with E-state index in [2.05, 4.69) is 15.9 Å². The number of benzene rings is 2. The first kappa shape index (κ1) is 19.0. The molecule has 9 heteroatoms. The second-order valence-corrected chi connectivity index (χ2v) is 8.24. The van der Waals surface area contributed by atoms with Crippen molar-refractivity contribution < 1.29 is 23.9 Å². The predicted octanol–water partition coefficient (Wildman–Crippen LogP) is 4.75. The maximum atomic E-state index is 12.6. The summed E-state index contributed by atoms with van der Waals surface area (Å²) >= 11 is 10.3. The van der Waals surface area contributed by atoms with E-state index in [1.165, 1.54) is 6.08 Å². The highest BCUT2D eigenvalue weighted by atomic mass is 79.9. The van der Waals surface area contributed by atoms with Crippen molar-refractivity contribution in [1.82, 2.24) is 4.90 Å². The Morgan fingerprint density at radius 3 is 2.57 bits per heavy atom. The highest BCUT2D eigenvalue weighted by molar-refractivity contribution is 9.10. The predicted molar refractivity (Wildman–Crippen MR) is 109 cm³/mol. The van der Waals surface area contributed by atoms with Gasteiger partial charge in [-0.2, -0.15) is 0 Å². The fourth-order valence-electron chi connectivity index (χ4n) is 2.69. The zero-order valence-electron chi connectivity index (χ0n) is 14.1. The van der Waals surface area contributed by atoms with Gasteiger partial charge in [0.1, 0.15) is 0 Å². The Morgan fingerprint density at radius 2 is 1.86 bits per heavy atom. The third kappa shape index (κ3) is 3.67. The minimum absolute atomic E-state index is 0.101. The van der Waals surface area contributed by atoms with E-state index in [4.69, 9.17) is 21.1 Å². The van der Waals surface area contributed by atoms with E-state index in [-0.39, 0.29) is 24.0 Å². The number of carbonyl (C=O) groups excluding carboxylic acids is 3. The first-order valence-electron chi connectivity index (χ1n) is 8.05. The van der Waals surface area contributed by atoms with E-state index in [0.717, 1.165) is 21.1 Å². The lowest BCUT2D eigenvalue weighted by molar-refractivity contribution is -0.122. The minimum Gasteiger partial charge on any atom is -0.454 e. The summed E-state index contributed by atoms with van der Waals surface area (Å²) in [5.74, 6) is 0.182. The monoisotopic (exact) mass is 479 g/mol. The fraction of sp³-hybridized carbons (Fsp3) is 0.105. The summed E-state index contributed by atoms with van der Waals surface area (Å²) in [7, 11) is 0. The smallest absolute Gasteiger partial charge is 0.293 e. The van der Waals surface area contributed by atoms with Gasteiger partial charge in [-0.1, -0.05) is 39.7 Å². The molecule has 1 fully saturated rings. The second kappa shape index (κ2) is 7.62. The normalized spacial score (nSPS) is 16.9. The van der Waals surface area contributed by atoms with Crippen molar-refractivity contribution >= 4 is 62.3 Å². The van der Waals surface area contributed by atoms with Crippen LogP contribution in [0, 0.1) is 0 Å². The van der Waals surface area contributed by atoms with Gasteiger partial charge in [0.05, 0.1) is 16.5 Å². The van der Waals surface area contributed by atoms with Gasteiger partial charge >= 0.3 is 0 Å². The van der Waals surface area contributed by atoms with Gasteiger partial charge in [0.25, 0.3) is 11.1 Å². The van der Waals surface area contributed by atoms with Crippen molar-refractivity contribution in [3.8, 4) is 11.5 Å². The van der Waals surface area contributed by atoms with Crippen molar-refractivity contribution in [2.45, 2.75) is 0 Å². The van der Waals surface area contributed by atoms with Crippen LogP contribution < -0.4 is 9.47 Å². The number of ketones is 1. The number of Topliss-reactive ketones (excluding diaryl/α,β-unsaturated/α-hetero) is 1. The number of thioether (sulfide) groups is 1. The Hall–Kier alpha value is -2.29. The molecular weight excluding hydrogens is 470 g/mol. The Labute approximate surface area is 177 Å². The average Bonchev–Trinajstić information content (AvgIpc) is 3.22. The van der Waals surface area contributed by atoms with E-state index in [1.807, 2.05) is 0 Å². The highest BCUT2D eigenvalue weighted by Crippen LogP contribution is 2.39. The van der Waals surface area contributed by atoms with Crippen molar-refractivity contribution in [3.63, 3.8) is 0 Å². The molecule has 6 nitrogen and oxygen atoms in total. The van der Waals surface area contributed by atoms with Crippen LogP contribution in [0.15, 0.2) is 45.8 Å². The Balaban J connectivity index is 1.55. The van der Waals surface area contributed by atoms with Gasteiger partial charge in [-0.05, 0) is 41.6 Å². The molecule has 0 aromatic heterocycles. The fourth-order valence-corrected chi connectivity index (χ4v) is 3.99. The van der Waals surface area contributed by atoms with Crippen molar-refractivity contribution in [2.24, 2.45) is 0 Å². The SMILES string of the molecule is O=C(CN1C(=O)SC(=Cc2cc3c(cc2Cl)OCO3)C1=O)c1ccc(Br)cc1. The van der Waals surface area contributed by atoms with E-state index in [0.29, 0.717) is 27.6 Å². The molecule has 142 valence electrons. The number of fused-ring (bicyclic) bond motifs is 1. The van der Waals surface area contributed by atoms with Gasteiger partial charge in [-0.15, -0.1) is 0 Å². The molecule has 2 aliphatic rings. The van der Waals surface area contributed by atoms with E-state index in [1.54, 1.807) is 36.4 Å². The molecule has 0 bridgehead atoms. The lowest BCUT2D eigenvalue weighted by Crippen LogP contribution is -2.33. The lowest BCUT2D eigenvalue weighted by Gasteiger charge is -2.11. The summed E-state index contributed by atoms with van der Waals surface area (Å²) in [6, 6.07) is 9.95. The molecule has 2 aromatic rings. The molecule has 28 heavy (non-hydrogen) atoms. The number of carbonyl (C=O) groups is 3. The Morgan fingerprint density at radius 1 is 1.18 bits per heavy atom. The van der Waals surface area contributed by atoms with Crippen LogP contribution in [0.2, 0.25) is 5.02 Å². The van der Waals surface area contributed by atoms with Crippen molar-refractivity contribution in [1.29, 1.82) is 0 Å². The molecule has 0 spiro atoms. The largest absolute Gasteiger partial charge is 0.454 e. The van der Waals surface area contributed by atoms with Crippen LogP contribution in [-0.4, -0.2) is 35.2 Å². The Kier molecular flexibility index (Phi) is 5.18. The Bertz CT molecular complexity index is 1040. The van der Waals surface area contributed by atoms with Gasteiger partial charge in [0.2, 0.25) is 6.79 Å². The lowest BCUT2D eigenvalue weighted by atomic mass is 10.1. The van der Waals surface area contributed by atoms with Crippen molar-refractivity contribution in [3.05, 3.63) is 61.9 Å². The van der Waals surface area contributed by atoms with Crippen LogP contribution in [0.4, 0.5) is 4.79 Å². The van der Waals surface area contributed by atoms with Gasteiger partial charge in [0, 0.05) is 16.1 Å². The molecule has 2 amide bonds. The first-order valence-corrected chi connectivity index (χ1v) is 10.0. The molecule has 0 N–H and O–H groups in total. The summed E-state index contributed by atoms with van der Waals surface area (Å²) in [4.78, 5) is 38.4. The molecule has 0 saturated carbocycles. The zero-order valence-corrected chi connectivity index (χ0v) is 17.3. The summed E-state index contributed by atoms with van der Waals surface area (Å²) in [5, 5.41) is -0.138. The van der Waals surface area contributed by atoms with Crippen LogP contribution in [0.5, 0.6) is 11.5 Å². The van der Waals surface area contributed by atoms with Crippen LogP contribution in [0.25, 0.3) is 6.08 Å². The number of amides is 2. The maximum absolute atomic E-state index is 12.6. The number of nitrogens with zero attached hydrogens (tertiary/aromatic N) is 1. The van der Waals surface area contributed by atoms with Crippen molar-refractivity contribution in [2.75, 3.05) is 13.3 Å². The van der Waals surface area contributed by atoms with Crippen LogP contribution in [0.3, 0.4) is 0 Å².